The van der Waals surface area contributed by atoms with Gasteiger partial charge in [-0.1, -0.05) is 49.0 Å². The molecule has 0 spiro atoms. The van der Waals surface area contributed by atoms with Crippen molar-refractivity contribution in [3.05, 3.63) is 81.0 Å². The third kappa shape index (κ3) is 4.79. The highest BCUT2D eigenvalue weighted by Crippen LogP contribution is 2.37. The molecule has 0 saturated heterocycles. The number of alkyl halides is 3. The van der Waals surface area contributed by atoms with Gasteiger partial charge in [-0.2, -0.15) is 13.2 Å². The molecule has 186 valence electrons. The van der Waals surface area contributed by atoms with Gasteiger partial charge in [0, 0.05) is 4.88 Å². The van der Waals surface area contributed by atoms with Crippen LogP contribution in [0.3, 0.4) is 0 Å². The van der Waals surface area contributed by atoms with Crippen molar-refractivity contribution in [3.8, 4) is 5.69 Å². The molecule has 10 heteroatoms. The lowest BCUT2D eigenvalue weighted by Crippen LogP contribution is -2.23. The van der Waals surface area contributed by atoms with Gasteiger partial charge in [0.05, 0.1) is 28.1 Å². The summed E-state index contributed by atoms with van der Waals surface area (Å²) in [7, 11) is 0. The number of halogens is 3. The molecular formula is C26H22F3N3O2S2. The molecule has 5 rings (SSSR count). The minimum atomic E-state index is -4.59. The second-order valence-corrected chi connectivity index (χ2v) is 10.8. The number of anilines is 1. The predicted octanol–water partition coefficient (Wildman–Crippen LogP) is 6.32. The molecular weight excluding hydrogens is 507 g/mol. The Morgan fingerprint density at radius 1 is 1.17 bits per heavy atom. The Bertz CT molecular complexity index is 1500. The van der Waals surface area contributed by atoms with Crippen molar-refractivity contribution in [2.24, 2.45) is 5.92 Å². The quantitative estimate of drug-likeness (QED) is 0.243. The Morgan fingerprint density at radius 3 is 2.64 bits per heavy atom. The van der Waals surface area contributed by atoms with Gasteiger partial charge >= 0.3 is 6.18 Å². The van der Waals surface area contributed by atoms with Gasteiger partial charge in [-0.25, -0.2) is 4.98 Å². The smallest absolute Gasteiger partial charge is 0.325 e. The molecule has 0 fully saturated rings. The summed E-state index contributed by atoms with van der Waals surface area (Å²) in [6.45, 7) is 2.19. The molecule has 1 amide bonds. The number of para-hydroxylation sites is 2. The molecule has 0 saturated carbocycles. The monoisotopic (exact) mass is 529 g/mol. The van der Waals surface area contributed by atoms with E-state index in [2.05, 4.69) is 12.2 Å². The van der Waals surface area contributed by atoms with Crippen LogP contribution in [0.1, 0.15) is 29.3 Å². The number of benzene rings is 2. The van der Waals surface area contributed by atoms with Gasteiger partial charge in [-0.05, 0) is 55.0 Å². The van der Waals surface area contributed by atoms with E-state index in [0.717, 1.165) is 42.7 Å². The lowest BCUT2D eigenvalue weighted by molar-refractivity contribution is -0.137. The molecule has 1 aliphatic carbocycles. The number of carbonyl (C=O) groups is 1. The zero-order valence-corrected chi connectivity index (χ0v) is 20.9. The van der Waals surface area contributed by atoms with Gasteiger partial charge in [0.2, 0.25) is 5.91 Å². The number of thioether (sulfide) groups is 1. The van der Waals surface area contributed by atoms with Gasteiger partial charge in [0.25, 0.3) is 5.56 Å². The molecule has 2 heterocycles. The predicted molar refractivity (Wildman–Crippen MR) is 137 cm³/mol. The van der Waals surface area contributed by atoms with E-state index in [1.54, 1.807) is 12.1 Å². The highest BCUT2D eigenvalue weighted by atomic mass is 32.2. The maximum atomic E-state index is 13.7. The van der Waals surface area contributed by atoms with E-state index in [1.807, 2.05) is 18.2 Å². The second-order valence-electron chi connectivity index (χ2n) is 8.78. The Morgan fingerprint density at radius 2 is 1.89 bits per heavy atom. The summed E-state index contributed by atoms with van der Waals surface area (Å²) in [5, 5.41) is 3.30. The molecule has 1 atom stereocenters. The Kier molecular flexibility index (Phi) is 6.65. The molecule has 2 aromatic carbocycles. The van der Waals surface area contributed by atoms with Crippen molar-refractivity contribution in [2.75, 3.05) is 11.1 Å². The van der Waals surface area contributed by atoms with Crippen LogP contribution in [0.25, 0.3) is 15.9 Å². The average Bonchev–Trinajstić information content (AvgIpc) is 3.20. The van der Waals surface area contributed by atoms with Crippen LogP contribution in [0.4, 0.5) is 18.9 Å². The molecule has 0 aliphatic heterocycles. The first-order valence-corrected chi connectivity index (χ1v) is 13.2. The summed E-state index contributed by atoms with van der Waals surface area (Å²) >= 11 is 2.54. The number of nitrogens with one attached hydrogen (secondary N) is 1. The number of nitrogens with zero attached hydrogens (tertiary/aromatic N) is 2. The summed E-state index contributed by atoms with van der Waals surface area (Å²) < 4.78 is 41.4. The Labute approximate surface area is 213 Å². The first-order valence-electron chi connectivity index (χ1n) is 11.4. The SMILES string of the molecule is C[C@@H]1CCc2c(sc3nc(SCC(=O)Nc4ccccc4C(F)(F)F)n(-c4ccccc4)c(=O)c23)C1. The van der Waals surface area contributed by atoms with E-state index in [-0.39, 0.29) is 17.0 Å². The van der Waals surface area contributed by atoms with Crippen molar-refractivity contribution < 1.29 is 18.0 Å². The molecule has 4 aromatic rings. The summed E-state index contributed by atoms with van der Waals surface area (Å²) in [5.41, 5.74) is 0.269. The van der Waals surface area contributed by atoms with E-state index < -0.39 is 17.6 Å². The summed E-state index contributed by atoms with van der Waals surface area (Å²) in [6, 6.07) is 13.9. The molecule has 0 bridgehead atoms. The maximum Gasteiger partial charge on any atom is 0.418 e. The Balaban J connectivity index is 1.49. The van der Waals surface area contributed by atoms with E-state index in [9.17, 15) is 22.8 Å². The van der Waals surface area contributed by atoms with Crippen LogP contribution in [0.2, 0.25) is 0 Å². The van der Waals surface area contributed by atoms with Crippen LogP contribution in [0, 0.1) is 5.92 Å². The van der Waals surface area contributed by atoms with Crippen molar-refractivity contribution >= 4 is 44.9 Å². The van der Waals surface area contributed by atoms with Crippen molar-refractivity contribution in [1.82, 2.24) is 9.55 Å². The van der Waals surface area contributed by atoms with E-state index in [0.29, 0.717) is 27.0 Å². The van der Waals surface area contributed by atoms with Crippen molar-refractivity contribution in [1.29, 1.82) is 0 Å². The lowest BCUT2D eigenvalue weighted by Gasteiger charge is -2.18. The number of thiophene rings is 1. The zero-order chi connectivity index (χ0) is 25.4. The molecule has 36 heavy (non-hydrogen) atoms. The van der Waals surface area contributed by atoms with Crippen LogP contribution in [0.5, 0.6) is 0 Å². The van der Waals surface area contributed by atoms with Gasteiger partial charge < -0.3 is 5.32 Å². The number of hydrogen-bond acceptors (Lipinski definition) is 5. The first kappa shape index (κ1) is 24.6. The third-order valence-corrected chi connectivity index (χ3v) is 8.24. The van der Waals surface area contributed by atoms with Crippen LogP contribution in [-0.4, -0.2) is 21.2 Å². The molecule has 0 radical (unpaired) electrons. The fraction of sp³-hybridized carbons (Fsp3) is 0.269. The second kappa shape index (κ2) is 9.74. The van der Waals surface area contributed by atoms with Gasteiger partial charge in [-0.3, -0.25) is 14.2 Å². The number of fused-ring (bicyclic) bond motifs is 3. The van der Waals surface area contributed by atoms with Crippen LogP contribution < -0.4 is 10.9 Å². The normalized spacial score (nSPS) is 15.6. The van der Waals surface area contributed by atoms with E-state index in [4.69, 9.17) is 4.98 Å². The number of hydrogen-bond donors (Lipinski definition) is 1. The number of aromatic nitrogens is 2. The van der Waals surface area contributed by atoms with E-state index in [1.165, 1.54) is 39.0 Å². The topological polar surface area (TPSA) is 64.0 Å². The van der Waals surface area contributed by atoms with Crippen LogP contribution >= 0.6 is 23.1 Å². The fourth-order valence-electron chi connectivity index (χ4n) is 4.43. The third-order valence-electron chi connectivity index (χ3n) is 6.15. The van der Waals surface area contributed by atoms with Gasteiger partial charge in [0.15, 0.2) is 5.16 Å². The van der Waals surface area contributed by atoms with Gasteiger partial charge in [-0.15, -0.1) is 11.3 Å². The molecule has 0 unspecified atom stereocenters. The summed E-state index contributed by atoms with van der Waals surface area (Å²) in [6.07, 6.45) is -1.84. The zero-order valence-electron chi connectivity index (χ0n) is 19.3. The number of aryl methyl sites for hydroxylation is 1. The van der Waals surface area contributed by atoms with Crippen LogP contribution in [-0.2, 0) is 23.8 Å². The minimum Gasteiger partial charge on any atom is -0.325 e. The van der Waals surface area contributed by atoms with Crippen molar-refractivity contribution in [3.63, 3.8) is 0 Å². The standard InChI is InChI=1S/C26H22F3N3O2S2/c1-15-11-12-17-20(13-15)36-23-22(17)24(34)32(16-7-3-2-4-8-16)25(31-23)35-14-21(33)30-19-10-6-5-9-18(19)26(27,28)29/h2-10,15H,11-14H2,1H3,(H,30,33)/t15-/m1/s1. The molecule has 1 aliphatic rings. The summed E-state index contributed by atoms with van der Waals surface area (Å²) in [5.74, 6) is -0.289. The average molecular weight is 530 g/mol. The Hall–Kier alpha value is -3.11. The maximum absolute atomic E-state index is 13.7. The van der Waals surface area contributed by atoms with Crippen molar-refractivity contribution in [2.45, 2.75) is 37.5 Å². The van der Waals surface area contributed by atoms with Crippen LogP contribution in [0.15, 0.2) is 64.5 Å². The fourth-order valence-corrected chi connectivity index (χ4v) is 6.67. The highest BCUT2D eigenvalue weighted by molar-refractivity contribution is 7.99. The number of amides is 1. The molecule has 2 aromatic heterocycles. The number of rotatable bonds is 5. The van der Waals surface area contributed by atoms with Gasteiger partial charge in [0.1, 0.15) is 4.83 Å². The molecule has 5 nitrogen and oxygen atoms in total. The highest BCUT2D eigenvalue weighted by Gasteiger charge is 2.33. The first-order chi connectivity index (χ1) is 17.2. The minimum absolute atomic E-state index is 0.191. The lowest BCUT2D eigenvalue weighted by atomic mass is 9.89. The number of carbonyl (C=O) groups excluding carboxylic acids is 1. The van der Waals surface area contributed by atoms with E-state index >= 15 is 0 Å². The molecule has 1 N–H and O–H groups in total. The summed E-state index contributed by atoms with van der Waals surface area (Å²) in [4.78, 5) is 33.0. The largest absolute Gasteiger partial charge is 0.418 e.